The number of hydrogen-bond acceptors (Lipinski definition) is 6. The van der Waals surface area contributed by atoms with Crippen LogP contribution in [-0.4, -0.2) is 27.4 Å². The Balaban J connectivity index is 1.50. The van der Waals surface area contributed by atoms with E-state index in [0.29, 0.717) is 16.9 Å². The average molecular weight is 340 g/mol. The third kappa shape index (κ3) is 3.07. The number of aliphatic hydroxyl groups excluding tert-OH is 1. The highest BCUT2D eigenvalue weighted by Crippen LogP contribution is 2.24. The lowest BCUT2D eigenvalue weighted by Crippen LogP contribution is -2.29. The summed E-state index contributed by atoms with van der Waals surface area (Å²) >= 11 is 0. The zero-order chi connectivity index (χ0) is 17.2. The van der Waals surface area contributed by atoms with Gasteiger partial charge in [-0.1, -0.05) is 12.1 Å². The fraction of sp³-hybridized carbons (Fsp3) is 0.222. The molecule has 0 saturated heterocycles. The molecule has 128 valence electrons. The van der Waals surface area contributed by atoms with Crippen molar-refractivity contribution in [3.05, 3.63) is 65.1 Å². The number of fused-ring (bicyclic) bond motifs is 3. The van der Waals surface area contributed by atoms with Crippen molar-refractivity contribution in [2.45, 2.75) is 19.3 Å². The van der Waals surface area contributed by atoms with Crippen LogP contribution in [0.4, 0.5) is 0 Å². The Kier molecular flexibility index (Phi) is 4.09. The van der Waals surface area contributed by atoms with E-state index < -0.39 is 6.10 Å². The molecule has 7 nitrogen and oxygen atoms in total. The molecule has 0 aliphatic carbocycles. The van der Waals surface area contributed by atoms with E-state index in [4.69, 9.17) is 13.6 Å². The number of rotatable bonds is 6. The Morgan fingerprint density at radius 1 is 1.24 bits per heavy atom. The molecule has 1 aromatic carbocycles. The molecule has 4 aromatic rings. The van der Waals surface area contributed by atoms with Crippen molar-refractivity contribution in [2.24, 2.45) is 0 Å². The summed E-state index contributed by atoms with van der Waals surface area (Å²) in [5.74, 6) is 0.676. The van der Waals surface area contributed by atoms with Crippen molar-refractivity contribution in [2.75, 3.05) is 6.61 Å². The number of para-hydroxylation sites is 1. The van der Waals surface area contributed by atoms with Gasteiger partial charge in [0.05, 0.1) is 31.8 Å². The zero-order valence-electron chi connectivity index (χ0n) is 13.3. The molecule has 0 unspecified atom stereocenters. The SMILES string of the molecule is O=c1c2oc3ccccc3c2ncn1C[C@H](O)COCc1ccco1. The summed E-state index contributed by atoms with van der Waals surface area (Å²) < 4.78 is 17.5. The second kappa shape index (κ2) is 6.54. The predicted octanol–water partition coefficient (Wildman–Crippen LogP) is 2.31. The molecule has 0 spiro atoms. The van der Waals surface area contributed by atoms with Gasteiger partial charge >= 0.3 is 0 Å². The number of benzene rings is 1. The minimum atomic E-state index is -0.851. The highest BCUT2D eigenvalue weighted by molar-refractivity contribution is 6.01. The summed E-state index contributed by atoms with van der Waals surface area (Å²) in [5.41, 5.74) is 1.00. The van der Waals surface area contributed by atoms with Crippen LogP contribution in [0.15, 0.2) is 62.6 Å². The maximum Gasteiger partial charge on any atom is 0.297 e. The van der Waals surface area contributed by atoms with Crippen molar-refractivity contribution in [1.29, 1.82) is 0 Å². The molecule has 7 heteroatoms. The van der Waals surface area contributed by atoms with Crippen LogP contribution >= 0.6 is 0 Å². The first-order valence-corrected chi connectivity index (χ1v) is 7.87. The standard InChI is InChI=1S/C18H16N2O5/c21-12(9-23-10-13-4-3-7-24-13)8-20-11-19-16-14-5-1-2-6-15(14)25-17(16)18(20)22/h1-7,11-12,21H,8-10H2/t12-/m0/s1. The first kappa shape index (κ1) is 15.6. The molecule has 0 aliphatic heterocycles. The number of aliphatic hydroxyl groups is 1. The summed E-state index contributed by atoms with van der Waals surface area (Å²) in [6, 6.07) is 10.9. The van der Waals surface area contributed by atoms with E-state index in [1.807, 2.05) is 18.2 Å². The van der Waals surface area contributed by atoms with Crippen LogP contribution in [0.2, 0.25) is 0 Å². The molecule has 0 aliphatic rings. The highest BCUT2D eigenvalue weighted by Gasteiger charge is 2.15. The first-order valence-electron chi connectivity index (χ1n) is 7.87. The maximum atomic E-state index is 12.6. The number of furan rings is 2. The summed E-state index contributed by atoms with van der Waals surface area (Å²) in [5, 5.41) is 10.9. The van der Waals surface area contributed by atoms with Crippen molar-refractivity contribution in [3.63, 3.8) is 0 Å². The van der Waals surface area contributed by atoms with E-state index in [9.17, 15) is 9.90 Å². The second-order valence-electron chi connectivity index (χ2n) is 5.73. The molecular formula is C18H16N2O5. The number of ether oxygens (including phenoxy) is 1. The Morgan fingerprint density at radius 2 is 2.12 bits per heavy atom. The van der Waals surface area contributed by atoms with E-state index in [1.54, 1.807) is 24.5 Å². The molecule has 1 atom stereocenters. The van der Waals surface area contributed by atoms with E-state index in [2.05, 4.69) is 4.98 Å². The third-order valence-corrected chi connectivity index (χ3v) is 3.89. The molecular weight excluding hydrogens is 324 g/mol. The molecule has 0 bridgehead atoms. The minimum Gasteiger partial charge on any atom is -0.467 e. The second-order valence-corrected chi connectivity index (χ2v) is 5.73. The number of aromatic nitrogens is 2. The van der Waals surface area contributed by atoms with Gasteiger partial charge in [0.2, 0.25) is 5.58 Å². The van der Waals surface area contributed by atoms with Crippen LogP contribution < -0.4 is 5.56 Å². The van der Waals surface area contributed by atoms with Crippen molar-refractivity contribution in [1.82, 2.24) is 9.55 Å². The minimum absolute atomic E-state index is 0.0664. The molecule has 3 aromatic heterocycles. The van der Waals surface area contributed by atoms with Gasteiger partial charge in [-0.25, -0.2) is 4.98 Å². The summed E-state index contributed by atoms with van der Waals surface area (Å²) in [6.45, 7) is 0.405. The Morgan fingerprint density at radius 3 is 2.96 bits per heavy atom. The largest absolute Gasteiger partial charge is 0.467 e. The van der Waals surface area contributed by atoms with Crippen LogP contribution in [0, 0.1) is 0 Å². The molecule has 25 heavy (non-hydrogen) atoms. The lowest BCUT2D eigenvalue weighted by atomic mass is 10.2. The van der Waals surface area contributed by atoms with Gasteiger partial charge in [0.25, 0.3) is 5.56 Å². The lowest BCUT2D eigenvalue weighted by molar-refractivity contribution is 0.0142. The molecule has 0 saturated carbocycles. The van der Waals surface area contributed by atoms with Gasteiger partial charge in [0.1, 0.15) is 23.5 Å². The fourth-order valence-corrected chi connectivity index (χ4v) is 2.72. The smallest absolute Gasteiger partial charge is 0.297 e. The average Bonchev–Trinajstić information content (AvgIpc) is 3.25. The van der Waals surface area contributed by atoms with Crippen LogP contribution in [0.3, 0.4) is 0 Å². The van der Waals surface area contributed by atoms with Gasteiger partial charge < -0.3 is 18.7 Å². The van der Waals surface area contributed by atoms with Crippen LogP contribution in [0.5, 0.6) is 0 Å². The molecule has 0 fully saturated rings. The van der Waals surface area contributed by atoms with E-state index in [0.717, 1.165) is 5.39 Å². The fourth-order valence-electron chi connectivity index (χ4n) is 2.72. The number of hydrogen-bond donors (Lipinski definition) is 1. The normalized spacial score (nSPS) is 12.8. The lowest BCUT2D eigenvalue weighted by Gasteiger charge is -2.12. The van der Waals surface area contributed by atoms with E-state index in [-0.39, 0.29) is 30.9 Å². The number of nitrogens with zero attached hydrogens (tertiary/aromatic N) is 2. The Bertz CT molecular complexity index is 1050. The zero-order valence-corrected chi connectivity index (χ0v) is 13.3. The Labute approximate surface area is 142 Å². The van der Waals surface area contributed by atoms with E-state index >= 15 is 0 Å². The monoisotopic (exact) mass is 340 g/mol. The molecule has 0 radical (unpaired) electrons. The van der Waals surface area contributed by atoms with E-state index in [1.165, 1.54) is 10.9 Å². The van der Waals surface area contributed by atoms with Gasteiger partial charge in [-0.2, -0.15) is 0 Å². The van der Waals surface area contributed by atoms with Gasteiger partial charge in [-0.15, -0.1) is 0 Å². The van der Waals surface area contributed by atoms with Gasteiger partial charge in [0.15, 0.2) is 0 Å². The maximum absolute atomic E-state index is 12.6. The predicted molar refractivity (Wildman–Crippen MR) is 90.1 cm³/mol. The van der Waals surface area contributed by atoms with Gasteiger partial charge in [-0.3, -0.25) is 9.36 Å². The van der Waals surface area contributed by atoms with Crippen molar-refractivity contribution in [3.8, 4) is 0 Å². The first-order chi connectivity index (χ1) is 12.2. The summed E-state index contributed by atoms with van der Waals surface area (Å²) in [7, 11) is 0. The van der Waals surface area contributed by atoms with Crippen LogP contribution in [0.25, 0.3) is 22.1 Å². The quantitative estimate of drug-likeness (QED) is 0.579. The topological polar surface area (TPSA) is 90.6 Å². The van der Waals surface area contributed by atoms with Crippen LogP contribution in [-0.2, 0) is 17.9 Å². The molecule has 1 N–H and O–H groups in total. The molecule has 0 amide bonds. The summed E-state index contributed by atoms with van der Waals surface area (Å²) in [6.07, 6.45) is 2.13. The Hall–Kier alpha value is -2.90. The molecule has 3 heterocycles. The summed E-state index contributed by atoms with van der Waals surface area (Å²) in [4.78, 5) is 16.9. The van der Waals surface area contributed by atoms with Crippen LogP contribution in [0.1, 0.15) is 5.76 Å². The van der Waals surface area contributed by atoms with Crippen molar-refractivity contribution >= 4 is 22.1 Å². The molecule has 4 rings (SSSR count). The third-order valence-electron chi connectivity index (χ3n) is 3.89. The van der Waals surface area contributed by atoms with Gasteiger partial charge in [0, 0.05) is 5.39 Å². The van der Waals surface area contributed by atoms with Crippen molar-refractivity contribution < 1.29 is 18.7 Å². The van der Waals surface area contributed by atoms with Gasteiger partial charge in [-0.05, 0) is 24.3 Å². The highest BCUT2D eigenvalue weighted by atomic mass is 16.5.